The van der Waals surface area contributed by atoms with Crippen molar-refractivity contribution in [2.24, 2.45) is 0 Å². The van der Waals surface area contributed by atoms with E-state index < -0.39 is 0 Å². The molecule has 2 heteroatoms. The van der Waals surface area contributed by atoms with Gasteiger partial charge in [-0.3, -0.25) is 0 Å². The van der Waals surface area contributed by atoms with Crippen molar-refractivity contribution < 1.29 is 4.42 Å². The fraction of sp³-hybridized carbons (Fsp3) is 0. The van der Waals surface area contributed by atoms with Crippen LogP contribution in [-0.4, -0.2) is 0 Å². The fourth-order valence-corrected chi connectivity index (χ4v) is 2.26. The average Bonchev–Trinajstić information content (AvgIpc) is 2.85. The van der Waals surface area contributed by atoms with Crippen LogP contribution in [0, 0.1) is 0 Å². The number of fused-ring (bicyclic) bond motifs is 3. The molecule has 0 unspecified atom stereocenters. The standard InChI is InChI=1S/C18H15NO/c1-3-7-13(4-2)19-14-10-11-18-16(12-14)15-8-5-6-9-17(15)20-18/h3-12,19H,1-2H2/b13-7+. The Hall–Kier alpha value is -2.74. The first-order valence-corrected chi connectivity index (χ1v) is 6.45. The van der Waals surface area contributed by atoms with Gasteiger partial charge in [0.2, 0.25) is 0 Å². The summed E-state index contributed by atoms with van der Waals surface area (Å²) in [6, 6.07) is 14.1. The van der Waals surface area contributed by atoms with E-state index >= 15 is 0 Å². The third-order valence-corrected chi connectivity index (χ3v) is 3.18. The number of hydrogen-bond acceptors (Lipinski definition) is 2. The minimum atomic E-state index is 0.893. The first kappa shape index (κ1) is 12.3. The van der Waals surface area contributed by atoms with Gasteiger partial charge in [-0.05, 0) is 36.4 Å². The van der Waals surface area contributed by atoms with Crippen LogP contribution in [0.2, 0.25) is 0 Å². The number of para-hydroxylation sites is 1. The zero-order valence-electron chi connectivity index (χ0n) is 11.1. The number of hydrogen-bond donors (Lipinski definition) is 1. The minimum Gasteiger partial charge on any atom is -0.456 e. The van der Waals surface area contributed by atoms with Crippen molar-refractivity contribution in [3.8, 4) is 0 Å². The normalized spacial score (nSPS) is 11.7. The van der Waals surface area contributed by atoms with E-state index in [1.165, 1.54) is 0 Å². The van der Waals surface area contributed by atoms with Crippen molar-refractivity contribution in [1.82, 2.24) is 0 Å². The molecule has 0 amide bonds. The summed E-state index contributed by atoms with van der Waals surface area (Å²) >= 11 is 0. The topological polar surface area (TPSA) is 25.2 Å². The zero-order chi connectivity index (χ0) is 13.9. The molecule has 3 rings (SSSR count). The molecule has 1 N–H and O–H groups in total. The Balaban J connectivity index is 2.10. The second kappa shape index (κ2) is 5.10. The third kappa shape index (κ3) is 2.12. The number of benzene rings is 2. The van der Waals surface area contributed by atoms with Gasteiger partial charge < -0.3 is 9.73 Å². The summed E-state index contributed by atoms with van der Waals surface area (Å²) < 4.78 is 5.81. The molecule has 0 aliphatic rings. The van der Waals surface area contributed by atoms with Gasteiger partial charge in [-0.15, -0.1) is 0 Å². The first-order valence-electron chi connectivity index (χ1n) is 6.45. The van der Waals surface area contributed by atoms with Crippen LogP contribution in [0.3, 0.4) is 0 Å². The second-order valence-corrected chi connectivity index (χ2v) is 4.50. The van der Waals surface area contributed by atoms with Crippen LogP contribution in [0.4, 0.5) is 5.69 Å². The van der Waals surface area contributed by atoms with E-state index in [0.29, 0.717) is 0 Å². The highest BCUT2D eigenvalue weighted by atomic mass is 16.3. The Morgan fingerprint density at radius 2 is 1.80 bits per heavy atom. The number of allylic oxidation sites excluding steroid dienone is 3. The monoisotopic (exact) mass is 261 g/mol. The van der Waals surface area contributed by atoms with Crippen molar-refractivity contribution >= 4 is 27.6 Å². The van der Waals surface area contributed by atoms with Gasteiger partial charge in [0.05, 0.1) is 0 Å². The van der Waals surface area contributed by atoms with Crippen LogP contribution in [0.1, 0.15) is 0 Å². The lowest BCUT2D eigenvalue weighted by Gasteiger charge is -2.06. The summed E-state index contributed by atoms with van der Waals surface area (Å²) in [4.78, 5) is 0. The van der Waals surface area contributed by atoms with Gasteiger partial charge in [-0.1, -0.05) is 37.4 Å². The molecular weight excluding hydrogens is 246 g/mol. The van der Waals surface area contributed by atoms with Crippen LogP contribution < -0.4 is 5.32 Å². The van der Waals surface area contributed by atoms with E-state index in [0.717, 1.165) is 33.3 Å². The summed E-state index contributed by atoms with van der Waals surface area (Å²) in [5, 5.41) is 5.53. The molecule has 98 valence electrons. The molecule has 0 bridgehead atoms. The summed E-state index contributed by atoms with van der Waals surface area (Å²) in [5.41, 5.74) is 3.71. The molecule has 0 fully saturated rings. The van der Waals surface area contributed by atoms with E-state index in [1.807, 2.05) is 36.4 Å². The predicted octanol–water partition coefficient (Wildman–Crippen LogP) is 5.25. The second-order valence-electron chi connectivity index (χ2n) is 4.50. The van der Waals surface area contributed by atoms with Crippen molar-refractivity contribution in [2.75, 3.05) is 5.32 Å². The minimum absolute atomic E-state index is 0.893. The highest BCUT2D eigenvalue weighted by molar-refractivity contribution is 6.05. The van der Waals surface area contributed by atoms with Crippen molar-refractivity contribution in [1.29, 1.82) is 0 Å². The molecule has 0 radical (unpaired) electrons. The maximum atomic E-state index is 5.81. The number of furan rings is 1. The van der Waals surface area contributed by atoms with Crippen LogP contribution >= 0.6 is 0 Å². The number of anilines is 1. The molecule has 0 atom stereocenters. The van der Waals surface area contributed by atoms with Gasteiger partial charge in [0, 0.05) is 22.2 Å². The Bertz CT molecular complexity index is 824. The van der Waals surface area contributed by atoms with E-state index in [9.17, 15) is 0 Å². The van der Waals surface area contributed by atoms with E-state index in [4.69, 9.17) is 4.42 Å². The lowest BCUT2D eigenvalue weighted by Crippen LogP contribution is -1.95. The van der Waals surface area contributed by atoms with Crippen LogP contribution in [0.15, 0.2) is 84.0 Å². The van der Waals surface area contributed by atoms with Gasteiger partial charge in [-0.25, -0.2) is 0 Å². The summed E-state index contributed by atoms with van der Waals surface area (Å²) in [5.74, 6) is 0. The van der Waals surface area contributed by atoms with Gasteiger partial charge in [0.1, 0.15) is 11.2 Å². The van der Waals surface area contributed by atoms with Crippen LogP contribution in [0.25, 0.3) is 21.9 Å². The van der Waals surface area contributed by atoms with Crippen LogP contribution in [-0.2, 0) is 0 Å². The Morgan fingerprint density at radius 3 is 2.60 bits per heavy atom. The quantitative estimate of drug-likeness (QED) is 0.648. The summed E-state index contributed by atoms with van der Waals surface area (Å²) in [6.07, 6.45) is 5.37. The zero-order valence-corrected chi connectivity index (χ0v) is 11.1. The molecule has 0 spiro atoms. The molecular formula is C18H15NO. The molecule has 0 aliphatic carbocycles. The lowest BCUT2D eigenvalue weighted by molar-refractivity contribution is 0.669. The summed E-state index contributed by atoms with van der Waals surface area (Å²) in [7, 11) is 0. The fourth-order valence-electron chi connectivity index (χ4n) is 2.26. The predicted molar refractivity (Wildman–Crippen MR) is 85.8 cm³/mol. The molecule has 0 aliphatic heterocycles. The Morgan fingerprint density at radius 1 is 1.00 bits per heavy atom. The molecule has 2 nitrogen and oxygen atoms in total. The van der Waals surface area contributed by atoms with Crippen molar-refractivity contribution in [3.05, 3.63) is 79.5 Å². The first-order chi connectivity index (χ1) is 9.81. The van der Waals surface area contributed by atoms with E-state index in [2.05, 4.69) is 30.6 Å². The Labute approximate surface area is 117 Å². The van der Waals surface area contributed by atoms with E-state index in [1.54, 1.807) is 12.2 Å². The number of nitrogens with one attached hydrogen (secondary N) is 1. The summed E-state index contributed by atoms with van der Waals surface area (Å²) in [6.45, 7) is 7.47. The molecule has 2 aromatic carbocycles. The highest BCUT2D eigenvalue weighted by Gasteiger charge is 2.06. The molecule has 1 heterocycles. The average molecular weight is 261 g/mol. The maximum absolute atomic E-state index is 5.81. The number of rotatable bonds is 4. The third-order valence-electron chi connectivity index (χ3n) is 3.18. The maximum Gasteiger partial charge on any atom is 0.135 e. The largest absolute Gasteiger partial charge is 0.456 e. The van der Waals surface area contributed by atoms with Crippen molar-refractivity contribution in [2.45, 2.75) is 0 Å². The van der Waals surface area contributed by atoms with Crippen molar-refractivity contribution in [3.63, 3.8) is 0 Å². The lowest BCUT2D eigenvalue weighted by atomic mass is 10.1. The van der Waals surface area contributed by atoms with Gasteiger partial charge in [0.15, 0.2) is 0 Å². The Kier molecular flexibility index (Phi) is 3.13. The smallest absolute Gasteiger partial charge is 0.135 e. The van der Waals surface area contributed by atoms with Gasteiger partial charge in [-0.2, -0.15) is 0 Å². The molecule has 0 saturated carbocycles. The van der Waals surface area contributed by atoms with Gasteiger partial charge in [0.25, 0.3) is 0 Å². The highest BCUT2D eigenvalue weighted by Crippen LogP contribution is 2.30. The van der Waals surface area contributed by atoms with Gasteiger partial charge >= 0.3 is 0 Å². The molecule has 20 heavy (non-hydrogen) atoms. The molecule has 0 saturated heterocycles. The molecule has 3 aromatic rings. The molecule has 1 aromatic heterocycles. The van der Waals surface area contributed by atoms with E-state index in [-0.39, 0.29) is 0 Å². The SMILES string of the molecule is C=C/C=C(\C=C)Nc1ccc2oc3ccccc3c2c1. The van der Waals surface area contributed by atoms with Crippen LogP contribution in [0.5, 0.6) is 0 Å².